The first-order valence-electron chi connectivity index (χ1n) is 7.06. The van der Waals surface area contributed by atoms with Crippen molar-refractivity contribution in [1.29, 1.82) is 0 Å². The van der Waals surface area contributed by atoms with Crippen molar-refractivity contribution in [1.82, 2.24) is 9.88 Å². The quantitative estimate of drug-likeness (QED) is 0.741. The summed E-state index contributed by atoms with van der Waals surface area (Å²) < 4.78 is 4.78. The number of thiol groups is 1. The number of ether oxygens (including phenoxy) is 1. The topological polar surface area (TPSA) is 80.5 Å². The van der Waals surface area contributed by atoms with Crippen molar-refractivity contribution < 1.29 is 9.53 Å². The molecule has 0 radical (unpaired) electrons. The van der Waals surface area contributed by atoms with Gasteiger partial charge in [0.15, 0.2) is 0 Å². The van der Waals surface area contributed by atoms with Gasteiger partial charge >= 0.3 is 6.09 Å². The van der Waals surface area contributed by atoms with Gasteiger partial charge in [-0.15, -0.1) is 0 Å². The summed E-state index contributed by atoms with van der Waals surface area (Å²) in [5.74, 6) is 1.70. The van der Waals surface area contributed by atoms with Crippen molar-refractivity contribution in [3.05, 3.63) is 17.8 Å². The summed E-state index contributed by atoms with van der Waals surface area (Å²) in [5, 5.41) is 3.30. The van der Waals surface area contributed by atoms with E-state index in [9.17, 15) is 4.79 Å². The molecule has 0 bridgehead atoms. The zero-order valence-corrected chi connectivity index (χ0v) is 13.1. The minimum Gasteiger partial charge on any atom is -0.453 e. The number of anilines is 2. The van der Waals surface area contributed by atoms with E-state index in [0.29, 0.717) is 23.9 Å². The van der Waals surface area contributed by atoms with Crippen molar-refractivity contribution in [2.75, 3.05) is 37.8 Å². The van der Waals surface area contributed by atoms with E-state index >= 15 is 0 Å². The summed E-state index contributed by atoms with van der Waals surface area (Å²) in [6.45, 7) is 2.24. The van der Waals surface area contributed by atoms with E-state index in [0.717, 1.165) is 37.4 Å². The number of carbonyl (C=O) groups excluding carboxylic acids is 1. The molecule has 116 valence electrons. The Kier molecular flexibility index (Phi) is 5.55. The number of aromatic nitrogens is 1. The van der Waals surface area contributed by atoms with E-state index < -0.39 is 0 Å². The van der Waals surface area contributed by atoms with Crippen LogP contribution < -0.4 is 11.1 Å². The van der Waals surface area contributed by atoms with Crippen LogP contribution in [0.25, 0.3) is 0 Å². The Labute approximate surface area is 130 Å². The lowest BCUT2D eigenvalue weighted by Crippen LogP contribution is -2.41. The molecule has 6 nitrogen and oxygen atoms in total. The van der Waals surface area contributed by atoms with Gasteiger partial charge in [0.1, 0.15) is 5.82 Å². The maximum absolute atomic E-state index is 11.6. The molecule has 1 unspecified atom stereocenters. The molecule has 7 heteroatoms. The van der Waals surface area contributed by atoms with E-state index in [1.54, 1.807) is 4.90 Å². The zero-order chi connectivity index (χ0) is 15.2. The smallest absolute Gasteiger partial charge is 0.409 e. The number of rotatable bonds is 4. The van der Waals surface area contributed by atoms with E-state index in [4.69, 9.17) is 10.5 Å². The second kappa shape index (κ2) is 7.40. The molecule has 0 aliphatic carbocycles. The average Bonchev–Trinajstić information content (AvgIpc) is 2.51. The van der Waals surface area contributed by atoms with Gasteiger partial charge in [0.05, 0.1) is 12.8 Å². The molecule has 1 aromatic rings. The maximum Gasteiger partial charge on any atom is 0.409 e. The molecule has 2 heterocycles. The van der Waals surface area contributed by atoms with Crippen LogP contribution in [-0.2, 0) is 10.5 Å². The standard InChI is InChI=1S/C14H22N4O2S/c1-20-14(19)18-4-2-3-10(8-18)7-16-13-6-11(15)5-12(9-21)17-13/h5-6,10,21H,2-4,7-9H2,1H3,(H3,15,16,17). The fourth-order valence-corrected chi connectivity index (χ4v) is 2.72. The van der Waals surface area contributed by atoms with Crippen LogP contribution in [0.15, 0.2) is 12.1 Å². The van der Waals surface area contributed by atoms with Crippen molar-refractivity contribution in [3.63, 3.8) is 0 Å². The van der Waals surface area contributed by atoms with Gasteiger partial charge in [-0.2, -0.15) is 12.6 Å². The summed E-state index contributed by atoms with van der Waals surface area (Å²) in [7, 11) is 1.42. The third-order valence-electron chi connectivity index (χ3n) is 3.59. The number of nitrogens with two attached hydrogens (primary N) is 1. The van der Waals surface area contributed by atoms with Crippen molar-refractivity contribution in [3.8, 4) is 0 Å². The molecule has 1 aliphatic heterocycles. The molecule has 0 spiro atoms. The predicted molar refractivity (Wildman–Crippen MR) is 86.5 cm³/mol. The molecular formula is C14H22N4O2S. The SMILES string of the molecule is COC(=O)N1CCCC(CNc2cc(N)cc(CS)n2)C1. The van der Waals surface area contributed by atoms with Crippen LogP contribution in [0, 0.1) is 5.92 Å². The lowest BCUT2D eigenvalue weighted by Gasteiger charge is -2.31. The lowest BCUT2D eigenvalue weighted by molar-refractivity contribution is 0.104. The van der Waals surface area contributed by atoms with E-state index in [2.05, 4.69) is 22.9 Å². The number of hydrogen-bond acceptors (Lipinski definition) is 6. The van der Waals surface area contributed by atoms with Crippen LogP contribution >= 0.6 is 12.6 Å². The number of piperidine rings is 1. The minimum absolute atomic E-state index is 0.251. The molecule has 21 heavy (non-hydrogen) atoms. The number of hydrogen-bond donors (Lipinski definition) is 3. The summed E-state index contributed by atoms with van der Waals surface area (Å²) in [5.41, 5.74) is 7.37. The molecule has 1 fully saturated rings. The summed E-state index contributed by atoms with van der Waals surface area (Å²) in [4.78, 5) is 17.7. The highest BCUT2D eigenvalue weighted by Gasteiger charge is 2.23. The Morgan fingerprint density at radius 3 is 3.14 bits per heavy atom. The van der Waals surface area contributed by atoms with Crippen LogP contribution in [0.2, 0.25) is 0 Å². The highest BCUT2D eigenvalue weighted by molar-refractivity contribution is 7.79. The first kappa shape index (κ1) is 15.8. The zero-order valence-electron chi connectivity index (χ0n) is 12.2. The van der Waals surface area contributed by atoms with Gasteiger partial charge in [-0.3, -0.25) is 0 Å². The number of pyridine rings is 1. The Hall–Kier alpha value is -1.63. The number of nitrogen functional groups attached to an aromatic ring is 1. The van der Waals surface area contributed by atoms with Crippen LogP contribution in [0.3, 0.4) is 0 Å². The van der Waals surface area contributed by atoms with Gasteiger partial charge in [0, 0.05) is 37.1 Å². The summed E-state index contributed by atoms with van der Waals surface area (Å²) in [6, 6.07) is 3.63. The van der Waals surface area contributed by atoms with E-state index in [-0.39, 0.29) is 6.09 Å². The molecule has 1 amide bonds. The maximum atomic E-state index is 11.6. The van der Waals surface area contributed by atoms with E-state index in [1.165, 1.54) is 7.11 Å². The molecule has 1 aromatic heterocycles. The molecule has 1 aliphatic rings. The fraction of sp³-hybridized carbons (Fsp3) is 0.571. The third kappa shape index (κ3) is 4.42. The molecular weight excluding hydrogens is 288 g/mol. The normalized spacial score (nSPS) is 18.4. The van der Waals surface area contributed by atoms with Gasteiger partial charge in [-0.05, 0) is 24.8 Å². The Morgan fingerprint density at radius 2 is 2.43 bits per heavy atom. The number of likely N-dealkylation sites (tertiary alicyclic amines) is 1. The first-order chi connectivity index (χ1) is 10.1. The first-order valence-corrected chi connectivity index (χ1v) is 7.69. The number of methoxy groups -OCH3 is 1. The highest BCUT2D eigenvalue weighted by atomic mass is 32.1. The fourth-order valence-electron chi connectivity index (χ4n) is 2.56. The number of carbonyl (C=O) groups is 1. The lowest BCUT2D eigenvalue weighted by atomic mass is 9.98. The third-order valence-corrected chi connectivity index (χ3v) is 3.91. The average molecular weight is 310 g/mol. The Morgan fingerprint density at radius 1 is 1.62 bits per heavy atom. The minimum atomic E-state index is -0.251. The molecule has 1 saturated heterocycles. The van der Waals surface area contributed by atoms with Gasteiger partial charge in [0.25, 0.3) is 0 Å². The van der Waals surface area contributed by atoms with Crippen LogP contribution in [0.5, 0.6) is 0 Å². The van der Waals surface area contributed by atoms with E-state index in [1.807, 2.05) is 12.1 Å². The largest absolute Gasteiger partial charge is 0.453 e. The second-order valence-corrected chi connectivity index (χ2v) is 5.56. The summed E-state index contributed by atoms with van der Waals surface area (Å²) >= 11 is 4.22. The highest BCUT2D eigenvalue weighted by Crippen LogP contribution is 2.19. The Balaban J connectivity index is 1.90. The van der Waals surface area contributed by atoms with Gasteiger partial charge in [-0.25, -0.2) is 9.78 Å². The molecule has 0 saturated carbocycles. The number of nitrogens with one attached hydrogen (secondary N) is 1. The number of nitrogens with zero attached hydrogens (tertiary/aromatic N) is 2. The second-order valence-electron chi connectivity index (χ2n) is 5.24. The number of amides is 1. The summed E-state index contributed by atoms with van der Waals surface area (Å²) in [6.07, 6.45) is 1.83. The Bertz CT molecular complexity index is 498. The molecule has 2 rings (SSSR count). The van der Waals surface area contributed by atoms with Gasteiger partial charge in [0.2, 0.25) is 0 Å². The van der Waals surface area contributed by atoms with Crippen LogP contribution in [-0.4, -0.2) is 42.7 Å². The van der Waals surface area contributed by atoms with Gasteiger partial charge < -0.3 is 20.7 Å². The monoisotopic (exact) mass is 310 g/mol. The predicted octanol–water partition coefficient (Wildman–Crippen LogP) is 1.98. The van der Waals surface area contributed by atoms with Crippen molar-refractivity contribution in [2.24, 2.45) is 5.92 Å². The van der Waals surface area contributed by atoms with Gasteiger partial charge in [-0.1, -0.05) is 0 Å². The molecule has 3 N–H and O–H groups in total. The van der Waals surface area contributed by atoms with Crippen molar-refractivity contribution >= 4 is 30.2 Å². The van der Waals surface area contributed by atoms with Crippen molar-refractivity contribution in [2.45, 2.75) is 18.6 Å². The van der Waals surface area contributed by atoms with Crippen LogP contribution in [0.4, 0.5) is 16.3 Å². The van der Waals surface area contributed by atoms with Crippen LogP contribution in [0.1, 0.15) is 18.5 Å². The molecule has 0 aromatic carbocycles. The molecule has 1 atom stereocenters.